The van der Waals surface area contributed by atoms with Crippen LogP contribution in [0.2, 0.25) is 0 Å². The van der Waals surface area contributed by atoms with Crippen LogP contribution >= 0.6 is 0 Å². The predicted molar refractivity (Wildman–Crippen MR) is 102 cm³/mol. The van der Waals surface area contributed by atoms with E-state index < -0.39 is 12.0 Å². The Morgan fingerprint density at radius 1 is 1.22 bits per heavy atom. The zero-order valence-corrected chi connectivity index (χ0v) is 16.6. The highest BCUT2D eigenvalue weighted by Crippen LogP contribution is 2.37. The minimum atomic E-state index is -0.683. The molecule has 27 heavy (non-hydrogen) atoms. The second kappa shape index (κ2) is 9.30. The Morgan fingerprint density at radius 3 is 2.59 bits per heavy atom. The van der Waals surface area contributed by atoms with Crippen molar-refractivity contribution < 1.29 is 23.8 Å². The number of hydrogen-bond acceptors (Lipinski definition) is 5. The molecule has 148 valence electrons. The number of urea groups is 1. The highest BCUT2D eigenvalue weighted by atomic mass is 16.5. The van der Waals surface area contributed by atoms with E-state index in [1.807, 2.05) is 0 Å². The van der Waals surface area contributed by atoms with Crippen LogP contribution in [0.4, 0.5) is 4.79 Å². The summed E-state index contributed by atoms with van der Waals surface area (Å²) < 4.78 is 16.2. The molecule has 0 bridgehead atoms. The number of nitrogens with one attached hydrogen (secondary N) is 1. The molecule has 0 aliphatic carbocycles. The summed E-state index contributed by atoms with van der Waals surface area (Å²) in [5.74, 6) is 0.715. The van der Waals surface area contributed by atoms with Gasteiger partial charge in [0.25, 0.3) is 0 Å². The van der Waals surface area contributed by atoms with Crippen LogP contribution in [0.15, 0.2) is 29.5 Å². The first-order valence-corrected chi connectivity index (χ1v) is 9.08. The topological polar surface area (TPSA) is 77.1 Å². The van der Waals surface area contributed by atoms with Crippen molar-refractivity contribution in [1.29, 1.82) is 0 Å². The zero-order chi connectivity index (χ0) is 20.0. The third-order valence-electron chi connectivity index (χ3n) is 4.70. The molecule has 1 atom stereocenters. The van der Waals surface area contributed by atoms with Gasteiger partial charge in [-0.3, -0.25) is 0 Å². The van der Waals surface area contributed by atoms with E-state index in [1.54, 1.807) is 46.4 Å². The lowest BCUT2D eigenvalue weighted by Gasteiger charge is -2.33. The molecule has 1 aromatic rings. The summed E-state index contributed by atoms with van der Waals surface area (Å²) in [5, 5.41) is 2.86. The number of unbranched alkanes of at least 4 members (excludes halogenated alkanes) is 2. The summed E-state index contributed by atoms with van der Waals surface area (Å²) in [6, 6.07) is 4.28. The number of hydrogen-bond donors (Lipinski definition) is 1. The fourth-order valence-electron chi connectivity index (χ4n) is 2.99. The van der Waals surface area contributed by atoms with E-state index in [0.29, 0.717) is 34.9 Å². The molecule has 1 N–H and O–H groups in total. The smallest absolute Gasteiger partial charge is 0.338 e. The molecule has 0 fully saturated rings. The first-order chi connectivity index (χ1) is 12.9. The fourth-order valence-corrected chi connectivity index (χ4v) is 2.99. The Labute approximate surface area is 160 Å². The van der Waals surface area contributed by atoms with Crippen molar-refractivity contribution in [3.63, 3.8) is 0 Å². The Hall–Kier alpha value is -2.70. The molecule has 0 unspecified atom stereocenters. The van der Waals surface area contributed by atoms with Gasteiger partial charge in [0, 0.05) is 18.3 Å². The number of esters is 1. The molecule has 0 radical (unpaired) electrons. The fraction of sp³-hybridized carbons (Fsp3) is 0.500. The zero-order valence-electron chi connectivity index (χ0n) is 16.6. The van der Waals surface area contributed by atoms with E-state index in [4.69, 9.17) is 14.2 Å². The third kappa shape index (κ3) is 4.53. The van der Waals surface area contributed by atoms with Gasteiger partial charge in [0.15, 0.2) is 0 Å². The van der Waals surface area contributed by atoms with E-state index in [2.05, 4.69) is 12.2 Å². The summed E-state index contributed by atoms with van der Waals surface area (Å²) in [4.78, 5) is 26.6. The second-order valence-corrected chi connectivity index (χ2v) is 6.39. The third-order valence-corrected chi connectivity index (χ3v) is 4.70. The van der Waals surface area contributed by atoms with Crippen LogP contribution in [0, 0.1) is 0 Å². The number of ether oxygens (including phenoxy) is 3. The van der Waals surface area contributed by atoms with Crippen molar-refractivity contribution in [2.75, 3.05) is 27.9 Å². The van der Waals surface area contributed by atoms with E-state index in [0.717, 1.165) is 19.3 Å². The van der Waals surface area contributed by atoms with Crippen LogP contribution < -0.4 is 14.8 Å². The Balaban J connectivity index is 2.43. The van der Waals surface area contributed by atoms with E-state index in [-0.39, 0.29) is 6.03 Å². The van der Waals surface area contributed by atoms with Gasteiger partial charge < -0.3 is 24.4 Å². The van der Waals surface area contributed by atoms with Crippen molar-refractivity contribution in [1.82, 2.24) is 10.2 Å². The number of benzene rings is 1. The minimum absolute atomic E-state index is 0.301. The van der Waals surface area contributed by atoms with E-state index in [9.17, 15) is 9.59 Å². The highest BCUT2D eigenvalue weighted by molar-refractivity contribution is 5.95. The van der Waals surface area contributed by atoms with Crippen molar-refractivity contribution >= 4 is 12.0 Å². The molecule has 2 rings (SSSR count). The van der Waals surface area contributed by atoms with Gasteiger partial charge in [-0.2, -0.15) is 0 Å². The van der Waals surface area contributed by atoms with Crippen LogP contribution in [0.1, 0.15) is 44.7 Å². The van der Waals surface area contributed by atoms with E-state index >= 15 is 0 Å². The van der Waals surface area contributed by atoms with Gasteiger partial charge in [-0.25, -0.2) is 9.59 Å². The monoisotopic (exact) mass is 376 g/mol. The molecule has 7 heteroatoms. The van der Waals surface area contributed by atoms with Crippen LogP contribution in [0.5, 0.6) is 11.5 Å². The lowest BCUT2D eigenvalue weighted by molar-refractivity contribution is -0.139. The van der Waals surface area contributed by atoms with Crippen molar-refractivity contribution in [2.45, 2.75) is 39.2 Å². The normalized spacial score (nSPS) is 16.9. The molecule has 0 aromatic heterocycles. The van der Waals surface area contributed by atoms with Crippen LogP contribution in [-0.4, -0.2) is 44.8 Å². The highest BCUT2D eigenvalue weighted by Gasteiger charge is 2.36. The number of nitrogens with zero attached hydrogens (tertiary/aromatic N) is 1. The number of carbonyl (C=O) groups is 2. The number of allylic oxidation sites excluding steroid dienone is 1. The first kappa shape index (κ1) is 20.6. The summed E-state index contributed by atoms with van der Waals surface area (Å²) in [6.07, 6.45) is 2.85. The van der Waals surface area contributed by atoms with Crippen molar-refractivity contribution in [3.05, 3.63) is 35.0 Å². The molecule has 2 amide bonds. The van der Waals surface area contributed by atoms with Gasteiger partial charge in [0.2, 0.25) is 0 Å². The number of amides is 2. The molecule has 0 spiro atoms. The van der Waals surface area contributed by atoms with Gasteiger partial charge in [-0.1, -0.05) is 19.8 Å². The quantitative estimate of drug-likeness (QED) is 0.556. The summed E-state index contributed by atoms with van der Waals surface area (Å²) in [7, 11) is 4.72. The molecule has 0 saturated carbocycles. The molecule has 1 aromatic carbocycles. The van der Waals surface area contributed by atoms with Crippen molar-refractivity contribution in [2.24, 2.45) is 0 Å². The first-order valence-electron chi connectivity index (χ1n) is 9.08. The average molecular weight is 376 g/mol. The lowest BCUT2D eigenvalue weighted by atomic mass is 9.94. The Morgan fingerprint density at radius 2 is 1.96 bits per heavy atom. The van der Waals surface area contributed by atoms with Gasteiger partial charge in [0.1, 0.15) is 11.5 Å². The standard InChI is InChI=1S/C20H28N2O5/c1-6-7-8-11-27-19(23)17-13(2)22(3)20(24)21-18(17)15-12-14(25-4)9-10-16(15)26-5/h9-10,12,18H,6-8,11H2,1-5H3,(H,21,24)/t18-/m1/s1. The van der Waals surface area contributed by atoms with Gasteiger partial charge in [0.05, 0.1) is 32.4 Å². The number of rotatable bonds is 8. The van der Waals surface area contributed by atoms with E-state index in [1.165, 1.54) is 4.90 Å². The lowest BCUT2D eigenvalue weighted by Crippen LogP contribution is -2.46. The maximum Gasteiger partial charge on any atom is 0.338 e. The number of methoxy groups -OCH3 is 2. The molecule has 7 nitrogen and oxygen atoms in total. The summed E-state index contributed by atoms with van der Waals surface area (Å²) in [6.45, 7) is 4.18. The van der Waals surface area contributed by atoms with Gasteiger partial charge in [-0.15, -0.1) is 0 Å². The van der Waals surface area contributed by atoms with Crippen LogP contribution in [0.25, 0.3) is 0 Å². The maximum absolute atomic E-state index is 12.8. The Kier molecular flexibility index (Phi) is 7.10. The summed E-state index contributed by atoms with van der Waals surface area (Å²) in [5.41, 5.74) is 1.58. The molecule has 1 heterocycles. The molecular weight excluding hydrogens is 348 g/mol. The molecule has 1 aliphatic heterocycles. The minimum Gasteiger partial charge on any atom is -0.497 e. The largest absolute Gasteiger partial charge is 0.497 e. The molecule has 1 aliphatic rings. The average Bonchev–Trinajstić information content (AvgIpc) is 2.68. The molecular formula is C20H28N2O5. The van der Waals surface area contributed by atoms with Gasteiger partial charge >= 0.3 is 12.0 Å². The second-order valence-electron chi connectivity index (χ2n) is 6.39. The van der Waals surface area contributed by atoms with Crippen molar-refractivity contribution in [3.8, 4) is 11.5 Å². The number of carbonyl (C=O) groups excluding carboxylic acids is 2. The van der Waals surface area contributed by atoms with Gasteiger partial charge in [-0.05, 0) is 31.5 Å². The maximum atomic E-state index is 12.8. The molecule has 0 saturated heterocycles. The van der Waals surface area contributed by atoms with Crippen LogP contribution in [0.3, 0.4) is 0 Å². The van der Waals surface area contributed by atoms with Crippen LogP contribution in [-0.2, 0) is 9.53 Å². The summed E-state index contributed by atoms with van der Waals surface area (Å²) >= 11 is 0. The Bertz CT molecular complexity index is 729. The predicted octanol–water partition coefficient (Wildman–Crippen LogP) is 3.41. The SMILES string of the molecule is CCCCCOC(=O)C1=C(C)N(C)C(=O)N[C@@H]1c1cc(OC)ccc1OC.